The first-order valence-electron chi connectivity index (χ1n) is 9.81. The summed E-state index contributed by atoms with van der Waals surface area (Å²) in [4.78, 5) is 11.5. The summed E-state index contributed by atoms with van der Waals surface area (Å²) in [7, 11) is 5.69. The molecule has 3 rings (SSSR count). The van der Waals surface area contributed by atoms with Crippen molar-refractivity contribution in [2.75, 3.05) is 32.6 Å². The maximum absolute atomic E-state index is 5.30. The van der Waals surface area contributed by atoms with E-state index in [2.05, 4.69) is 35.8 Å². The van der Waals surface area contributed by atoms with Gasteiger partial charge in [-0.3, -0.25) is 0 Å². The monoisotopic (exact) mass is 519 g/mol. The van der Waals surface area contributed by atoms with Crippen LogP contribution in [0.1, 0.15) is 18.1 Å². The lowest BCUT2D eigenvalue weighted by molar-refractivity contribution is 0.414. The molecule has 0 saturated carbocycles. The Labute approximate surface area is 195 Å². The van der Waals surface area contributed by atoms with Crippen LogP contribution in [0.2, 0.25) is 0 Å². The third-order valence-electron chi connectivity index (χ3n) is 4.59. The molecule has 0 spiro atoms. The first-order chi connectivity index (χ1) is 14.1. The third kappa shape index (κ3) is 6.22. The van der Waals surface area contributed by atoms with Crippen LogP contribution in [-0.2, 0) is 13.1 Å². The van der Waals surface area contributed by atoms with Gasteiger partial charge < -0.3 is 20.3 Å². The number of rotatable bonds is 7. The number of halogens is 1. The number of nitrogens with zero attached hydrogens (tertiary/aromatic N) is 3. The molecule has 1 heterocycles. The van der Waals surface area contributed by atoms with E-state index in [1.54, 1.807) is 7.11 Å². The van der Waals surface area contributed by atoms with E-state index in [0.717, 1.165) is 40.5 Å². The molecule has 3 aromatic rings. The van der Waals surface area contributed by atoms with Gasteiger partial charge in [0.25, 0.3) is 0 Å². The third-order valence-corrected chi connectivity index (χ3v) is 4.59. The Bertz CT molecular complexity index is 990. The van der Waals surface area contributed by atoms with Gasteiger partial charge in [-0.2, -0.15) is 0 Å². The number of benzene rings is 2. The summed E-state index contributed by atoms with van der Waals surface area (Å²) in [6.45, 7) is 4.10. The first-order valence-corrected chi connectivity index (χ1v) is 9.81. The number of aliphatic imine (C=N–C) groups is 1. The zero-order chi connectivity index (χ0) is 20.6. The van der Waals surface area contributed by atoms with E-state index >= 15 is 0 Å². The number of fused-ring (bicyclic) bond motifs is 1. The molecule has 0 atom stereocenters. The number of nitrogens with one attached hydrogen (secondary N) is 2. The average molecular weight is 519 g/mol. The second-order valence-corrected chi connectivity index (χ2v) is 6.95. The Kier molecular flexibility index (Phi) is 9.16. The molecule has 0 amide bonds. The van der Waals surface area contributed by atoms with Crippen LogP contribution in [0, 0.1) is 0 Å². The van der Waals surface area contributed by atoms with Gasteiger partial charge in [0.05, 0.1) is 19.2 Å². The molecule has 0 aliphatic heterocycles. The molecule has 7 heteroatoms. The van der Waals surface area contributed by atoms with Crippen LogP contribution in [0.5, 0.6) is 5.75 Å². The largest absolute Gasteiger partial charge is 0.497 e. The molecule has 0 aliphatic carbocycles. The summed E-state index contributed by atoms with van der Waals surface area (Å²) in [5, 5.41) is 7.92. The predicted molar refractivity (Wildman–Crippen MR) is 136 cm³/mol. The van der Waals surface area contributed by atoms with Crippen LogP contribution in [0.25, 0.3) is 10.9 Å². The van der Waals surface area contributed by atoms with Crippen molar-refractivity contribution < 1.29 is 4.74 Å². The highest BCUT2D eigenvalue weighted by Gasteiger charge is 2.08. The van der Waals surface area contributed by atoms with Crippen molar-refractivity contribution in [1.82, 2.24) is 15.6 Å². The molecular formula is C23H30IN5O. The fourth-order valence-electron chi connectivity index (χ4n) is 3.07. The zero-order valence-corrected chi connectivity index (χ0v) is 20.3. The van der Waals surface area contributed by atoms with Crippen LogP contribution < -0.4 is 20.3 Å². The van der Waals surface area contributed by atoms with Gasteiger partial charge in [0, 0.05) is 32.6 Å². The second-order valence-electron chi connectivity index (χ2n) is 6.95. The fraction of sp³-hybridized carbons (Fsp3) is 0.304. The molecule has 0 fully saturated rings. The minimum absolute atomic E-state index is 0. The lowest BCUT2D eigenvalue weighted by Crippen LogP contribution is -2.36. The number of hydrogen-bond acceptors (Lipinski definition) is 4. The summed E-state index contributed by atoms with van der Waals surface area (Å²) in [5.41, 5.74) is 3.28. The number of aromatic nitrogens is 1. The highest BCUT2D eigenvalue weighted by molar-refractivity contribution is 14.0. The molecule has 0 unspecified atom stereocenters. The maximum atomic E-state index is 5.30. The standard InChI is InChI=1S/C23H29N5O.HI/c1-5-24-23(25-15-17-9-8-10-19(13-17)29-4)26-16-18-14-22(28(2)3)27-21-12-7-6-11-20(18)21;/h6-14H,5,15-16H2,1-4H3,(H2,24,25,26);1H. The lowest BCUT2D eigenvalue weighted by atomic mass is 10.1. The molecule has 2 N–H and O–H groups in total. The highest BCUT2D eigenvalue weighted by atomic mass is 127. The van der Waals surface area contributed by atoms with E-state index in [4.69, 9.17) is 14.7 Å². The summed E-state index contributed by atoms with van der Waals surface area (Å²) in [6.07, 6.45) is 0. The number of methoxy groups -OCH3 is 1. The number of hydrogen-bond donors (Lipinski definition) is 2. The molecule has 0 saturated heterocycles. The minimum atomic E-state index is 0. The molecule has 0 radical (unpaired) electrons. The number of pyridine rings is 1. The Morgan fingerprint density at radius 1 is 1.07 bits per heavy atom. The van der Waals surface area contributed by atoms with Crippen LogP contribution in [0.3, 0.4) is 0 Å². The van der Waals surface area contributed by atoms with E-state index in [-0.39, 0.29) is 24.0 Å². The molecule has 30 heavy (non-hydrogen) atoms. The van der Waals surface area contributed by atoms with Gasteiger partial charge in [0.2, 0.25) is 0 Å². The van der Waals surface area contributed by atoms with Crippen molar-refractivity contribution >= 4 is 46.7 Å². The Hall–Kier alpha value is -2.55. The zero-order valence-electron chi connectivity index (χ0n) is 18.0. The smallest absolute Gasteiger partial charge is 0.191 e. The van der Waals surface area contributed by atoms with Gasteiger partial charge in [-0.25, -0.2) is 9.98 Å². The van der Waals surface area contributed by atoms with Crippen molar-refractivity contribution in [3.8, 4) is 5.75 Å². The van der Waals surface area contributed by atoms with Crippen LogP contribution in [0.4, 0.5) is 5.82 Å². The molecule has 0 aliphatic rings. The summed E-state index contributed by atoms with van der Waals surface area (Å²) >= 11 is 0. The maximum Gasteiger partial charge on any atom is 0.191 e. The Morgan fingerprint density at radius 2 is 1.87 bits per heavy atom. The number of guanidine groups is 1. The van der Waals surface area contributed by atoms with Gasteiger partial charge in [-0.15, -0.1) is 24.0 Å². The van der Waals surface area contributed by atoms with Crippen LogP contribution >= 0.6 is 24.0 Å². The number of ether oxygens (including phenoxy) is 1. The Morgan fingerprint density at radius 3 is 2.60 bits per heavy atom. The SMILES string of the molecule is CCNC(=NCc1cccc(OC)c1)NCc1cc(N(C)C)nc2ccccc12.I. The van der Waals surface area contributed by atoms with Gasteiger partial charge in [0.1, 0.15) is 11.6 Å². The molecule has 0 bridgehead atoms. The van der Waals surface area contributed by atoms with E-state index in [0.29, 0.717) is 13.1 Å². The normalized spacial score (nSPS) is 11.0. The predicted octanol–water partition coefficient (Wildman–Crippen LogP) is 4.18. The molecule has 1 aromatic heterocycles. The summed E-state index contributed by atoms with van der Waals surface area (Å²) < 4.78 is 5.30. The summed E-state index contributed by atoms with van der Waals surface area (Å²) in [5.74, 6) is 2.57. The highest BCUT2D eigenvalue weighted by Crippen LogP contribution is 2.22. The fourth-order valence-corrected chi connectivity index (χ4v) is 3.07. The van der Waals surface area contributed by atoms with E-state index < -0.39 is 0 Å². The second kappa shape index (κ2) is 11.6. The van der Waals surface area contributed by atoms with Crippen molar-refractivity contribution in [1.29, 1.82) is 0 Å². The van der Waals surface area contributed by atoms with Crippen LogP contribution in [-0.4, -0.2) is 38.7 Å². The van der Waals surface area contributed by atoms with E-state index in [1.807, 2.05) is 55.4 Å². The van der Waals surface area contributed by atoms with Gasteiger partial charge >= 0.3 is 0 Å². The lowest BCUT2D eigenvalue weighted by Gasteiger charge is -2.17. The van der Waals surface area contributed by atoms with E-state index in [9.17, 15) is 0 Å². The summed E-state index contributed by atoms with van der Waals surface area (Å²) in [6, 6.07) is 18.3. The molecule has 2 aromatic carbocycles. The van der Waals surface area contributed by atoms with Gasteiger partial charge in [-0.05, 0) is 42.3 Å². The molecule has 160 valence electrons. The van der Waals surface area contributed by atoms with Gasteiger partial charge in [0.15, 0.2) is 5.96 Å². The number of anilines is 1. The minimum Gasteiger partial charge on any atom is -0.497 e. The number of para-hydroxylation sites is 1. The van der Waals surface area contributed by atoms with Crippen molar-refractivity contribution in [2.45, 2.75) is 20.0 Å². The Balaban J connectivity index is 0.00000320. The van der Waals surface area contributed by atoms with Gasteiger partial charge in [-0.1, -0.05) is 30.3 Å². The van der Waals surface area contributed by atoms with Crippen molar-refractivity contribution in [2.24, 2.45) is 4.99 Å². The van der Waals surface area contributed by atoms with Crippen molar-refractivity contribution in [3.05, 3.63) is 65.7 Å². The van der Waals surface area contributed by atoms with Crippen molar-refractivity contribution in [3.63, 3.8) is 0 Å². The topological polar surface area (TPSA) is 61.8 Å². The van der Waals surface area contributed by atoms with Crippen LogP contribution in [0.15, 0.2) is 59.6 Å². The quantitative estimate of drug-likeness (QED) is 0.279. The first kappa shape index (κ1) is 23.7. The average Bonchev–Trinajstić information content (AvgIpc) is 2.75. The van der Waals surface area contributed by atoms with E-state index in [1.165, 1.54) is 5.56 Å². The molecular weight excluding hydrogens is 489 g/mol. The molecule has 6 nitrogen and oxygen atoms in total.